The van der Waals surface area contributed by atoms with Crippen LogP contribution < -0.4 is 5.32 Å². The molecule has 19 heavy (non-hydrogen) atoms. The predicted molar refractivity (Wildman–Crippen MR) is 65.0 cm³/mol. The van der Waals surface area contributed by atoms with E-state index in [2.05, 4.69) is 5.32 Å². The lowest BCUT2D eigenvalue weighted by Crippen LogP contribution is -2.21. The first-order valence-corrected chi connectivity index (χ1v) is 5.69. The standard InChI is InChI=1S/C13H11NO5/c15-10(6-12(17)18)13(19)8-1-3-9-7(5-8)2-4-11(16)14-9/h1,3,5H,2,4,6H2,(H,14,16)(H,17,18). The molecular formula is C13H11NO5. The van der Waals surface area contributed by atoms with Crippen molar-refractivity contribution >= 4 is 29.1 Å². The van der Waals surface area contributed by atoms with Crippen LogP contribution >= 0.6 is 0 Å². The van der Waals surface area contributed by atoms with E-state index in [1.165, 1.54) is 12.1 Å². The molecule has 6 heteroatoms. The predicted octanol–water partition coefficient (Wildman–Crippen LogP) is 0.798. The number of carbonyl (C=O) groups excluding carboxylic acids is 3. The van der Waals surface area contributed by atoms with Crippen LogP contribution in [0.15, 0.2) is 18.2 Å². The van der Waals surface area contributed by atoms with Crippen molar-refractivity contribution in [1.29, 1.82) is 0 Å². The fourth-order valence-corrected chi connectivity index (χ4v) is 1.90. The number of rotatable bonds is 4. The zero-order chi connectivity index (χ0) is 14.0. The van der Waals surface area contributed by atoms with Crippen LogP contribution in [-0.4, -0.2) is 28.5 Å². The van der Waals surface area contributed by atoms with Crippen molar-refractivity contribution in [2.24, 2.45) is 0 Å². The maximum absolute atomic E-state index is 11.7. The third kappa shape index (κ3) is 2.85. The Morgan fingerprint density at radius 1 is 1.21 bits per heavy atom. The van der Waals surface area contributed by atoms with Gasteiger partial charge in [-0.2, -0.15) is 0 Å². The van der Waals surface area contributed by atoms with Gasteiger partial charge in [0.15, 0.2) is 0 Å². The molecule has 0 radical (unpaired) electrons. The normalized spacial score (nSPS) is 13.4. The topological polar surface area (TPSA) is 101 Å². The summed E-state index contributed by atoms with van der Waals surface area (Å²) < 4.78 is 0. The second-order valence-electron chi connectivity index (χ2n) is 4.24. The highest BCUT2D eigenvalue weighted by atomic mass is 16.4. The molecule has 1 amide bonds. The number of aliphatic carboxylic acids is 1. The molecule has 0 aliphatic carbocycles. The van der Waals surface area contributed by atoms with E-state index in [4.69, 9.17) is 5.11 Å². The number of fused-ring (bicyclic) bond motifs is 1. The minimum atomic E-state index is -1.33. The number of hydrogen-bond acceptors (Lipinski definition) is 4. The quantitative estimate of drug-likeness (QED) is 0.474. The molecule has 1 heterocycles. The fourth-order valence-electron chi connectivity index (χ4n) is 1.90. The summed E-state index contributed by atoms with van der Waals surface area (Å²) in [5.74, 6) is -3.19. The Kier molecular flexibility index (Phi) is 3.41. The zero-order valence-electron chi connectivity index (χ0n) is 9.93. The molecule has 0 saturated heterocycles. The smallest absolute Gasteiger partial charge is 0.311 e. The van der Waals surface area contributed by atoms with Crippen LogP contribution in [0.25, 0.3) is 0 Å². The molecule has 98 valence electrons. The number of Topliss-reactive ketones (excluding diaryl/α,β-unsaturated/α-hetero) is 2. The number of carboxylic acids is 1. The molecule has 0 bridgehead atoms. The molecule has 1 aromatic rings. The summed E-state index contributed by atoms with van der Waals surface area (Å²) in [5.41, 5.74) is 1.55. The Hall–Kier alpha value is -2.50. The van der Waals surface area contributed by atoms with Crippen molar-refractivity contribution in [2.75, 3.05) is 5.32 Å². The molecule has 0 spiro atoms. The molecule has 0 fully saturated rings. The van der Waals surface area contributed by atoms with Crippen molar-refractivity contribution < 1.29 is 24.3 Å². The first-order chi connectivity index (χ1) is 8.97. The number of amides is 1. The number of ketones is 2. The summed E-state index contributed by atoms with van der Waals surface area (Å²) in [4.78, 5) is 44.7. The Balaban J connectivity index is 2.22. The zero-order valence-corrected chi connectivity index (χ0v) is 9.93. The number of nitrogens with one attached hydrogen (secondary N) is 1. The summed E-state index contributed by atoms with van der Waals surface area (Å²) >= 11 is 0. The van der Waals surface area contributed by atoms with Crippen LogP contribution in [0, 0.1) is 0 Å². The van der Waals surface area contributed by atoms with Crippen LogP contribution in [0.1, 0.15) is 28.8 Å². The van der Waals surface area contributed by atoms with Crippen molar-refractivity contribution in [1.82, 2.24) is 0 Å². The Labute approximate surface area is 108 Å². The van der Waals surface area contributed by atoms with E-state index >= 15 is 0 Å². The molecule has 1 aliphatic rings. The van der Waals surface area contributed by atoms with Crippen molar-refractivity contribution in [3.05, 3.63) is 29.3 Å². The van der Waals surface area contributed by atoms with Crippen LogP contribution in [0.2, 0.25) is 0 Å². The van der Waals surface area contributed by atoms with Crippen molar-refractivity contribution in [3.8, 4) is 0 Å². The summed E-state index contributed by atoms with van der Waals surface area (Å²) in [6, 6.07) is 4.48. The largest absolute Gasteiger partial charge is 0.481 e. The van der Waals surface area contributed by atoms with E-state index in [0.29, 0.717) is 18.5 Å². The average molecular weight is 261 g/mol. The molecule has 2 N–H and O–H groups in total. The van der Waals surface area contributed by atoms with Gasteiger partial charge in [-0.1, -0.05) is 0 Å². The highest BCUT2D eigenvalue weighted by Crippen LogP contribution is 2.23. The maximum atomic E-state index is 11.7. The lowest BCUT2D eigenvalue weighted by atomic mass is 9.97. The van der Waals surface area contributed by atoms with Gasteiger partial charge in [0, 0.05) is 17.7 Å². The summed E-state index contributed by atoms with van der Waals surface area (Å²) in [5, 5.41) is 11.1. The minimum absolute atomic E-state index is 0.0893. The SMILES string of the molecule is O=C(O)CC(=O)C(=O)c1ccc2c(c1)CCC(=O)N2. The minimum Gasteiger partial charge on any atom is -0.481 e. The Morgan fingerprint density at radius 3 is 2.63 bits per heavy atom. The van der Waals surface area contributed by atoms with E-state index in [0.717, 1.165) is 5.56 Å². The highest BCUT2D eigenvalue weighted by molar-refractivity contribution is 6.45. The Morgan fingerprint density at radius 2 is 1.95 bits per heavy atom. The third-order valence-corrected chi connectivity index (χ3v) is 2.83. The van der Waals surface area contributed by atoms with Gasteiger partial charge in [0.2, 0.25) is 17.5 Å². The Bertz CT molecular complexity index is 591. The van der Waals surface area contributed by atoms with Gasteiger partial charge in [-0.15, -0.1) is 0 Å². The molecule has 6 nitrogen and oxygen atoms in total. The fraction of sp³-hybridized carbons (Fsp3) is 0.231. The van der Waals surface area contributed by atoms with E-state index in [1.54, 1.807) is 6.07 Å². The van der Waals surface area contributed by atoms with Crippen LogP contribution in [-0.2, 0) is 20.8 Å². The summed E-state index contributed by atoms with van der Waals surface area (Å²) in [7, 11) is 0. The number of carbonyl (C=O) groups is 4. The van der Waals surface area contributed by atoms with E-state index in [9.17, 15) is 19.2 Å². The number of hydrogen-bond donors (Lipinski definition) is 2. The molecule has 0 aromatic heterocycles. The number of anilines is 1. The van der Waals surface area contributed by atoms with Gasteiger partial charge in [0.25, 0.3) is 0 Å². The highest BCUT2D eigenvalue weighted by Gasteiger charge is 2.21. The van der Waals surface area contributed by atoms with Crippen molar-refractivity contribution in [2.45, 2.75) is 19.3 Å². The molecule has 1 aliphatic heterocycles. The first-order valence-electron chi connectivity index (χ1n) is 5.69. The van der Waals surface area contributed by atoms with Gasteiger partial charge in [-0.25, -0.2) is 0 Å². The van der Waals surface area contributed by atoms with Crippen LogP contribution in [0.5, 0.6) is 0 Å². The second-order valence-corrected chi connectivity index (χ2v) is 4.24. The number of carboxylic acid groups (broad SMARTS) is 1. The number of benzene rings is 1. The third-order valence-electron chi connectivity index (χ3n) is 2.83. The van der Waals surface area contributed by atoms with Gasteiger partial charge in [0.05, 0.1) is 0 Å². The van der Waals surface area contributed by atoms with E-state index in [1.807, 2.05) is 0 Å². The maximum Gasteiger partial charge on any atom is 0.311 e. The summed E-state index contributed by atoms with van der Waals surface area (Å²) in [6.45, 7) is 0. The molecule has 0 unspecified atom stereocenters. The molecule has 0 saturated carbocycles. The van der Waals surface area contributed by atoms with E-state index < -0.39 is 24.0 Å². The first kappa shape index (κ1) is 12.9. The van der Waals surface area contributed by atoms with Gasteiger partial charge in [-0.3, -0.25) is 19.2 Å². The van der Waals surface area contributed by atoms with Crippen LogP contribution in [0.4, 0.5) is 5.69 Å². The number of aryl methyl sites for hydroxylation is 1. The molecule has 0 atom stereocenters. The van der Waals surface area contributed by atoms with Gasteiger partial charge in [-0.05, 0) is 30.2 Å². The second kappa shape index (κ2) is 5.01. The molecule has 1 aromatic carbocycles. The average Bonchev–Trinajstić information content (AvgIpc) is 2.36. The van der Waals surface area contributed by atoms with Gasteiger partial charge >= 0.3 is 5.97 Å². The lowest BCUT2D eigenvalue weighted by molar-refractivity contribution is -0.139. The van der Waals surface area contributed by atoms with E-state index in [-0.39, 0.29) is 11.5 Å². The lowest BCUT2D eigenvalue weighted by Gasteiger charge is -2.17. The van der Waals surface area contributed by atoms with Gasteiger partial charge < -0.3 is 10.4 Å². The van der Waals surface area contributed by atoms with Crippen molar-refractivity contribution in [3.63, 3.8) is 0 Å². The van der Waals surface area contributed by atoms with Gasteiger partial charge in [0.1, 0.15) is 6.42 Å². The monoisotopic (exact) mass is 261 g/mol. The molecule has 2 rings (SSSR count). The molecular weight excluding hydrogens is 250 g/mol. The van der Waals surface area contributed by atoms with Crippen LogP contribution in [0.3, 0.4) is 0 Å². The summed E-state index contributed by atoms with van der Waals surface area (Å²) in [6.07, 6.45) is 0.00970.